The van der Waals surface area contributed by atoms with Crippen molar-refractivity contribution in [2.45, 2.75) is 0 Å². The van der Waals surface area contributed by atoms with E-state index in [0.717, 1.165) is 0 Å². The number of nitrogens with one attached hydrogen (secondary N) is 2. The first kappa shape index (κ1) is 8.00. The zero-order chi connectivity index (χ0) is 7.41. The molecule has 0 unspecified atom stereocenters. The summed E-state index contributed by atoms with van der Waals surface area (Å²) < 4.78 is 21.5. The van der Waals surface area contributed by atoms with E-state index in [9.17, 15) is 0 Å². The fourth-order valence-corrected chi connectivity index (χ4v) is 0. The Labute approximate surface area is 98.6 Å². The molecule has 0 amide bonds. The zero-order valence-electron chi connectivity index (χ0n) is 6.25. The Morgan fingerprint density at radius 3 is 2.00 bits per heavy atom. The van der Waals surface area contributed by atoms with E-state index in [1.807, 2.05) is 0 Å². The molecule has 0 radical (unpaired) electrons. The first-order valence-electron chi connectivity index (χ1n) is 1.78. The van der Waals surface area contributed by atoms with Gasteiger partial charge in [-0.05, 0) is 0 Å². The molecule has 0 aromatic heterocycles. The van der Waals surface area contributed by atoms with Crippen molar-refractivity contribution in [3.05, 3.63) is 6.14 Å². The summed E-state index contributed by atoms with van der Waals surface area (Å²) in [6.45, 7) is 0. The Balaban J connectivity index is -0.0000000202. The molecule has 0 aliphatic rings. The van der Waals surface area contributed by atoms with E-state index in [2.05, 4.69) is 21.4 Å². The molecular formula is H4KN3SV. The van der Waals surface area contributed by atoms with E-state index < -0.39 is 0 Å². The average molecular weight is 171 g/mol. The molecule has 0 rings (SSSR count). The molecule has 0 aromatic rings. The van der Waals surface area contributed by atoms with Crippen LogP contribution >= 0.6 is 0 Å². The van der Waals surface area contributed by atoms with Gasteiger partial charge in [0.25, 0.3) is 0 Å². The summed E-state index contributed by atoms with van der Waals surface area (Å²) in [4.78, 5) is 0. The summed E-state index contributed by atoms with van der Waals surface area (Å²) in [7, 11) is 0. The second-order valence-electron chi connectivity index (χ2n) is 0. The third kappa shape index (κ3) is 37.5. The van der Waals surface area contributed by atoms with Crippen LogP contribution in [0.3, 0.4) is 0 Å². The monoisotopic (exact) mass is 171 g/mol. The molecule has 0 aromatic carbocycles. The van der Waals surface area contributed by atoms with Crippen molar-refractivity contribution in [3.8, 4) is 0 Å². The minimum atomic E-state index is 0. The summed E-state index contributed by atoms with van der Waals surface area (Å²) in [6.07, 6.45) is 5.00. The molecular weight excluding hydrogens is 164 g/mol. The van der Waals surface area contributed by atoms with Crippen molar-refractivity contribution in [2.75, 3.05) is 0 Å². The molecule has 0 saturated carbocycles. The van der Waals surface area contributed by atoms with Crippen LogP contribution in [0.5, 0.6) is 0 Å². The van der Waals surface area contributed by atoms with Crippen LogP contribution in [0.25, 0.3) is 6.14 Å². The van der Waals surface area contributed by atoms with Gasteiger partial charge in [0.15, 0.2) is 0 Å². The Bertz CT molecular complexity index is 40.0. The van der Waals surface area contributed by atoms with Crippen molar-refractivity contribution < 1.29 is 72.9 Å². The van der Waals surface area contributed by atoms with Crippen molar-refractivity contribution in [1.82, 2.24) is 0 Å². The zero-order valence-corrected chi connectivity index (χ0v) is 8.59. The Morgan fingerprint density at radius 2 is 2.00 bits per heavy atom. The van der Waals surface area contributed by atoms with Gasteiger partial charge < -0.3 is 6.14 Å². The number of hydrogen-bond acceptors (Lipinski definition) is 3. The largest absolute Gasteiger partial charge is 1.00 e. The summed E-state index contributed by atoms with van der Waals surface area (Å²) in [5.41, 5.74) is 0. The van der Waals surface area contributed by atoms with Gasteiger partial charge in [0.2, 0.25) is 1.41 Å². The van der Waals surface area contributed by atoms with E-state index in [0.29, 0.717) is 0 Å². The van der Waals surface area contributed by atoms with Crippen LogP contribution in [0.2, 0.25) is 4.24 Å². The van der Waals surface area contributed by atoms with Crippen molar-refractivity contribution in [2.24, 2.45) is 0 Å². The van der Waals surface area contributed by atoms with Crippen LogP contribution in [-0.4, -0.2) is 0 Å². The first-order chi connectivity index (χ1) is 3.83. The second kappa shape index (κ2) is 63.0. The molecule has 0 aliphatic heterocycles. The Morgan fingerprint density at radius 1 is 2.00 bits per heavy atom. The van der Waals surface area contributed by atoms with Crippen molar-refractivity contribution in [3.63, 3.8) is 0 Å². The maximum absolute atomic E-state index is 5.81. The van der Waals surface area contributed by atoms with Gasteiger partial charge in [-0.3, -0.25) is 0 Å². The molecule has 4 N–H and O–H groups in total. The topological polar surface area (TPSA) is 81.2 Å². The van der Waals surface area contributed by atoms with E-state index in [-0.39, 0.29) is 51.4 Å². The normalized spacial score (nSPS) is 5.67. The van der Waals surface area contributed by atoms with Gasteiger partial charge in [-0.1, -0.05) is 0 Å². The molecule has 0 atom stereocenters. The molecule has 0 heterocycles. The Hall–Kier alpha value is 2.00. The number of hydrogen-bond donors (Lipinski definition) is 2. The summed E-state index contributed by atoms with van der Waals surface area (Å²) >= 11 is 5.44. The first-order valence-corrected chi connectivity index (χ1v) is 1.37. The molecule has 0 aliphatic carbocycles. The predicted molar refractivity (Wildman–Crippen MR) is 18.1 cm³/mol. The van der Waals surface area contributed by atoms with E-state index in [1.54, 1.807) is 17.2 Å². The van der Waals surface area contributed by atoms with Crippen LogP contribution < -0.4 is 51.4 Å². The van der Waals surface area contributed by atoms with Gasteiger partial charge in [-0.2, -0.15) is 1.41 Å². The van der Waals surface area contributed by atoms with Gasteiger partial charge in [0.1, 0.15) is 0 Å². The summed E-state index contributed by atoms with van der Waals surface area (Å²) in [5.74, 6) is 0. The smallest absolute Gasteiger partial charge is 1.00 e. The van der Waals surface area contributed by atoms with Gasteiger partial charge in [-0.25, -0.2) is 4.77 Å². The fourth-order valence-electron chi connectivity index (χ4n) is 0. The van der Waals surface area contributed by atoms with Crippen LogP contribution in [0, 0.1) is 8.97 Å². The molecule has 6 heteroatoms. The molecule has 6 heavy (non-hydrogen) atoms. The van der Waals surface area contributed by atoms with Gasteiger partial charge in [-0.15, -0.1) is 0 Å². The molecule has 0 saturated heterocycles. The Kier molecular flexibility index (Phi) is 84.0. The average Bonchev–Trinajstić information content (AvgIpc) is 1.75. The summed E-state index contributed by atoms with van der Waals surface area (Å²) in [6, 6.07) is 0. The van der Waals surface area contributed by atoms with Crippen molar-refractivity contribution in [1.29, 1.82) is 8.97 Å². The SMILES string of the molecule is [2H]N=S.[2H][NH-].[2H][N]=[V].[K+]. The van der Waals surface area contributed by atoms with Gasteiger partial charge >= 0.3 is 74.2 Å². The maximum atomic E-state index is 5.81. The third-order valence-corrected chi connectivity index (χ3v) is 0. The minimum Gasteiger partial charge on any atom is 1.00 e. The minimum absolute atomic E-state index is 0. The number of rotatable bonds is 0. The summed E-state index contributed by atoms with van der Waals surface area (Å²) in [5, 5.41) is 0. The fraction of sp³-hybridized carbons (Fsp3) is 0. The van der Waals surface area contributed by atoms with Crippen LogP contribution in [0.15, 0.2) is 0 Å². The molecule has 31 valence electrons. The number of nitrogens with two attached hydrogens (primary N) is 1. The molecule has 0 spiro atoms. The van der Waals surface area contributed by atoms with Gasteiger partial charge in [0, 0.05) is 12.4 Å². The standard InChI is InChI=1S/K.HNS.H2N.HN.V/c;1-2;;;/h;1H;1H2;1H;/q+1;;-1;;/i;;;1D;/hD2. The van der Waals surface area contributed by atoms with E-state index >= 15 is 0 Å². The van der Waals surface area contributed by atoms with Crippen LogP contribution in [0.1, 0.15) is 0 Å². The molecule has 0 bridgehead atoms. The molecule has 3 nitrogen and oxygen atoms in total. The van der Waals surface area contributed by atoms with E-state index in [1.165, 1.54) is 0 Å². The van der Waals surface area contributed by atoms with Gasteiger partial charge in [0.05, 0.1) is 0 Å². The third-order valence-electron chi connectivity index (χ3n) is 0. The van der Waals surface area contributed by atoms with Crippen molar-refractivity contribution >= 4 is 12.4 Å². The predicted octanol–water partition coefficient (Wildman–Crippen LogP) is -1.69. The maximum Gasteiger partial charge on any atom is 1.00 e. The second-order valence-corrected chi connectivity index (χ2v) is 0. The van der Waals surface area contributed by atoms with Crippen LogP contribution in [-0.2, 0) is 29.7 Å². The van der Waals surface area contributed by atoms with E-state index in [4.69, 9.17) is 10.4 Å². The quantitative estimate of drug-likeness (QED) is 0.419. The molecule has 0 fully saturated rings. The van der Waals surface area contributed by atoms with Crippen LogP contribution in [0.4, 0.5) is 0 Å².